The number of rotatable bonds is 3. The Morgan fingerprint density at radius 2 is 0.978 bits per heavy atom. The molecule has 0 N–H and O–H groups in total. The molecule has 2 aliphatic carbocycles. The summed E-state index contributed by atoms with van der Waals surface area (Å²) in [5.74, 6) is 0.973. The van der Waals surface area contributed by atoms with Crippen molar-refractivity contribution in [3.63, 3.8) is 0 Å². The van der Waals surface area contributed by atoms with Gasteiger partial charge in [-0.1, -0.05) is 172 Å². The van der Waals surface area contributed by atoms with Crippen LogP contribution in [0.4, 0.5) is 0 Å². The molecule has 0 heteroatoms. The normalized spacial score (nSPS) is 18.0. The van der Waals surface area contributed by atoms with Gasteiger partial charge in [-0.2, -0.15) is 0 Å². The van der Waals surface area contributed by atoms with Gasteiger partial charge < -0.3 is 0 Å². The van der Waals surface area contributed by atoms with Gasteiger partial charge in [-0.25, -0.2) is 0 Å². The topological polar surface area (TPSA) is 0 Å². The second-order valence-corrected chi connectivity index (χ2v) is 13.3. The monoisotopic (exact) mass is 574 g/mol. The molecule has 214 valence electrons. The number of hydrogen-bond acceptors (Lipinski definition) is 0. The van der Waals surface area contributed by atoms with Gasteiger partial charge in [-0.05, 0) is 88.2 Å². The van der Waals surface area contributed by atoms with Crippen LogP contribution in [0.3, 0.4) is 0 Å². The zero-order valence-electron chi connectivity index (χ0n) is 25.7. The molecule has 9 rings (SSSR count). The average Bonchev–Trinajstić information content (AvgIpc) is 3.33. The molecule has 0 fully saturated rings. The van der Waals surface area contributed by atoms with E-state index in [4.69, 9.17) is 0 Å². The molecule has 0 aromatic heterocycles. The Balaban J connectivity index is 1.29. The second kappa shape index (κ2) is 9.91. The van der Waals surface area contributed by atoms with Crippen LogP contribution in [-0.4, -0.2) is 0 Å². The predicted octanol–water partition coefficient (Wildman–Crippen LogP) is 12.3. The Kier molecular flexibility index (Phi) is 5.77. The lowest BCUT2D eigenvalue weighted by Gasteiger charge is -2.29. The summed E-state index contributed by atoms with van der Waals surface area (Å²) in [6.45, 7) is 4.83. The quantitative estimate of drug-likeness (QED) is 0.184. The molecule has 0 saturated carbocycles. The molecule has 0 saturated heterocycles. The minimum Gasteiger partial charge on any atom is -0.0796 e. The summed E-state index contributed by atoms with van der Waals surface area (Å²) >= 11 is 0. The molecule has 45 heavy (non-hydrogen) atoms. The van der Waals surface area contributed by atoms with Gasteiger partial charge in [0.2, 0.25) is 0 Å². The molecule has 0 radical (unpaired) electrons. The SMILES string of the molecule is CC1(C)c2cc(-c3ccc(-c4c5ccccc5c(-c5ccccc5)c5ccccc45)c4ccccc34)ccc2C2C=CC=CC21. The summed E-state index contributed by atoms with van der Waals surface area (Å²) in [6, 6.07) is 49.7. The summed E-state index contributed by atoms with van der Waals surface area (Å²) in [6.07, 6.45) is 9.24. The molecule has 2 aliphatic rings. The van der Waals surface area contributed by atoms with E-state index in [9.17, 15) is 0 Å². The highest BCUT2D eigenvalue weighted by Crippen LogP contribution is 2.54. The second-order valence-electron chi connectivity index (χ2n) is 13.3. The first-order valence-electron chi connectivity index (χ1n) is 16.1. The summed E-state index contributed by atoms with van der Waals surface area (Å²) in [5.41, 5.74) is 10.8. The molecule has 0 spiro atoms. The fourth-order valence-electron chi connectivity index (χ4n) is 8.45. The predicted molar refractivity (Wildman–Crippen MR) is 193 cm³/mol. The molecule has 0 heterocycles. The molecule has 7 aromatic rings. The van der Waals surface area contributed by atoms with E-state index in [1.807, 2.05) is 0 Å². The van der Waals surface area contributed by atoms with Crippen LogP contribution in [-0.2, 0) is 5.41 Å². The highest BCUT2D eigenvalue weighted by atomic mass is 14.5. The van der Waals surface area contributed by atoms with Gasteiger partial charge in [0.05, 0.1) is 0 Å². The molecule has 2 unspecified atom stereocenters. The maximum absolute atomic E-state index is 2.48. The first-order chi connectivity index (χ1) is 22.1. The van der Waals surface area contributed by atoms with Gasteiger partial charge in [-0.15, -0.1) is 0 Å². The van der Waals surface area contributed by atoms with Crippen molar-refractivity contribution < 1.29 is 0 Å². The molecule has 7 aromatic carbocycles. The first kappa shape index (κ1) is 26.2. The minimum atomic E-state index is 0.0886. The molecular formula is C45H34. The Morgan fingerprint density at radius 1 is 0.444 bits per heavy atom. The summed E-state index contributed by atoms with van der Waals surface area (Å²) in [5, 5.41) is 7.74. The van der Waals surface area contributed by atoms with Crippen molar-refractivity contribution >= 4 is 32.3 Å². The van der Waals surface area contributed by atoms with Crippen LogP contribution < -0.4 is 0 Å². The standard InChI is InChI=1S/C45H34/c1-45(2)41-23-13-12-18-34(41)35-25-24-30(28-42(35)45)31-26-27-40(33-17-7-6-16-32(31)33)44-38-21-10-8-19-36(38)43(29-14-4-3-5-15-29)37-20-9-11-22-39(37)44/h3-28,34,41H,1-2H3. The maximum Gasteiger partial charge on any atom is 0.00953 e. The van der Waals surface area contributed by atoms with E-state index in [1.54, 1.807) is 0 Å². The van der Waals surface area contributed by atoms with Crippen molar-refractivity contribution in [1.82, 2.24) is 0 Å². The lowest BCUT2D eigenvalue weighted by atomic mass is 9.74. The molecular weight excluding hydrogens is 540 g/mol. The Bertz CT molecular complexity index is 2290. The van der Waals surface area contributed by atoms with E-state index < -0.39 is 0 Å². The summed E-state index contributed by atoms with van der Waals surface area (Å²) in [7, 11) is 0. The number of fused-ring (bicyclic) bond motifs is 6. The van der Waals surface area contributed by atoms with E-state index in [-0.39, 0.29) is 5.41 Å². The molecule has 2 atom stereocenters. The lowest BCUT2D eigenvalue weighted by molar-refractivity contribution is 0.394. The van der Waals surface area contributed by atoms with E-state index in [0.717, 1.165) is 0 Å². The Hall–Kier alpha value is -5.20. The third-order valence-electron chi connectivity index (χ3n) is 10.6. The minimum absolute atomic E-state index is 0.0886. The average molecular weight is 575 g/mol. The van der Waals surface area contributed by atoms with Crippen LogP contribution in [0.2, 0.25) is 0 Å². The number of allylic oxidation sites excluding steroid dienone is 4. The van der Waals surface area contributed by atoms with E-state index in [2.05, 4.69) is 172 Å². The number of hydrogen-bond donors (Lipinski definition) is 0. The summed E-state index contributed by atoms with van der Waals surface area (Å²) in [4.78, 5) is 0. The van der Waals surface area contributed by atoms with Gasteiger partial charge in [0.15, 0.2) is 0 Å². The van der Waals surface area contributed by atoms with Crippen molar-refractivity contribution in [2.24, 2.45) is 5.92 Å². The van der Waals surface area contributed by atoms with Crippen molar-refractivity contribution in [3.05, 3.63) is 169 Å². The fourth-order valence-corrected chi connectivity index (χ4v) is 8.45. The van der Waals surface area contributed by atoms with Crippen molar-refractivity contribution in [3.8, 4) is 33.4 Å². The van der Waals surface area contributed by atoms with Crippen LogP contribution in [0.5, 0.6) is 0 Å². The van der Waals surface area contributed by atoms with Gasteiger partial charge in [-0.3, -0.25) is 0 Å². The largest absolute Gasteiger partial charge is 0.0796 e. The first-order valence-corrected chi connectivity index (χ1v) is 16.1. The fraction of sp³-hybridized carbons (Fsp3) is 0.111. The smallest absolute Gasteiger partial charge is 0.00953 e. The van der Waals surface area contributed by atoms with Gasteiger partial charge in [0.1, 0.15) is 0 Å². The van der Waals surface area contributed by atoms with Gasteiger partial charge in [0, 0.05) is 5.92 Å². The lowest BCUT2D eigenvalue weighted by Crippen LogP contribution is -2.24. The Labute approximate surface area is 265 Å². The van der Waals surface area contributed by atoms with Crippen molar-refractivity contribution in [2.75, 3.05) is 0 Å². The molecule has 0 amide bonds. The third kappa shape index (κ3) is 3.85. The van der Waals surface area contributed by atoms with Crippen LogP contribution in [0.25, 0.3) is 65.7 Å². The highest BCUT2D eigenvalue weighted by Gasteiger charge is 2.44. The van der Waals surface area contributed by atoms with Crippen LogP contribution in [0.1, 0.15) is 30.9 Å². The van der Waals surface area contributed by atoms with Crippen molar-refractivity contribution in [1.29, 1.82) is 0 Å². The maximum atomic E-state index is 2.48. The van der Waals surface area contributed by atoms with E-state index in [1.165, 1.54) is 76.8 Å². The molecule has 0 aliphatic heterocycles. The van der Waals surface area contributed by atoms with Gasteiger partial charge >= 0.3 is 0 Å². The molecule has 0 nitrogen and oxygen atoms in total. The van der Waals surface area contributed by atoms with Crippen LogP contribution in [0.15, 0.2) is 158 Å². The van der Waals surface area contributed by atoms with Crippen LogP contribution >= 0.6 is 0 Å². The van der Waals surface area contributed by atoms with Crippen LogP contribution in [0, 0.1) is 5.92 Å². The van der Waals surface area contributed by atoms with Gasteiger partial charge in [0.25, 0.3) is 0 Å². The molecule has 0 bridgehead atoms. The summed E-state index contributed by atoms with van der Waals surface area (Å²) < 4.78 is 0. The zero-order valence-corrected chi connectivity index (χ0v) is 25.7. The third-order valence-corrected chi connectivity index (χ3v) is 10.6. The highest BCUT2D eigenvalue weighted by molar-refractivity contribution is 6.24. The van der Waals surface area contributed by atoms with E-state index >= 15 is 0 Å². The zero-order chi connectivity index (χ0) is 30.1. The number of benzene rings is 7. The van der Waals surface area contributed by atoms with Crippen molar-refractivity contribution in [2.45, 2.75) is 25.2 Å². The van der Waals surface area contributed by atoms with E-state index in [0.29, 0.717) is 11.8 Å². The Morgan fingerprint density at radius 3 is 1.64 bits per heavy atom.